The molecule has 1 aliphatic rings. The molecule has 0 saturated carbocycles. The molecular formula is C8H11ClN2O2. The van der Waals surface area contributed by atoms with Gasteiger partial charge in [0.25, 0.3) is 5.70 Å². The van der Waals surface area contributed by atoms with Crippen molar-refractivity contribution in [1.29, 1.82) is 0 Å². The molecule has 1 aliphatic heterocycles. The van der Waals surface area contributed by atoms with E-state index in [1.807, 2.05) is 13.8 Å². The average Bonchev–Trinajstić information content (AvgIpc) is 2.04. The number of alkyl halides is 1. The topological polar surface area (TPSA) is 46.4 Å². The summed E-state index contributed by atoms with van der Waals surface area (Å²) in [5.41, 5.74) is -0.214. The first-order valence-electron chi connectivity index (χ1n) is 3.98. The van der Waals surface area contributed by atoms with E-state index in [1.165, 1.54) is 12.3 Å². The first kappa shape index (κ1) is 10.1. The first-order chi connectivity index (χ1) is 6.02. The van der Waals surface area contributed by atoms with E-state index in [2.05, 4.69) is 0 Å². The molecule has 0 N–H and O–H groups in total. The zero-order valence-electron chi connectivity index (χ0n) is 7.48. The van der Waals surface area contributed by atoms with Gasteiger partial charge >= 0.3 is 0 Å². The predicted molar refractivity (Wildman–Crippen MR) is 50.8 cm³/mol. The highest BCUT2D eigenvalue weighted by molar-refractivity contribution is 6.21. The fourth-order valence-electron chi connectivity index (χ4n) is 1.09. The lowest BCUT2D eigenvalue weighted by Gasteiger charge is -2.29. The van der Waals surface area contributed by atoms with Gasteiger partial charge in [-0.1, -0.05) is 11.6 Å². The molecule has 0 amide bonds. The van der Waals surface area contributed by atoms with Crippen molar-refractivity contribution in [3.8, 4) is 0 Å². The Labute approximate surface area is 81.6 Å². The molecule has 1 unspecified atom stereocenters. The van der Waals surface area contributed by atoms with Crippen LogP contribution in [0.1, 0.15) is 13.8 Å². The summed E-state index contributed by atoms with van der Waals surface area (Å²) in [4.78, 5) is 11.8. The average molecular weight is 203 g/mol. The second-order valence-corrected chi connectivity index (χ2v) is 3.53. The molecule has 72 valence electrons. The lowest BCUT2D eigenvalue weighted by atomic mass is 10.2. The quantitative estimate of drug-likeness (QED) is 0.298. The van der Waals surface area contributed by atoms with Gasteiger partial charge in [0.2, 0.25) is 0 Å². The minimum absolute atomic E-state index is 0.0746. The van der Waals surface area contributed by atoms with Crippen molar-refractivity contribution in [2.24, 2.45) is 0 Å². The van der Waals surface area contributed by atoms with Gasteiger partial charge in [-0.15, -0.1) is 0 Å². The van der Waals surface area contributed by atoms with Crippen molar-refractivity contribution in [3.05, 3.63) is 34.2 Å². The summed E-state index contributed by atoms with van der Waals surface area (Å²) in [6, 6.07) is 0.155. The summed E-state index contributed by atoms with van der Waals surface area (Å²) in [5, 5.41) is 10.4. The third-order valence-corrected chi connectivity index (χ3v) is 2.17. The Morgan fingerprint density at radius 3 is 2.77 bits per heavy atom. The maximum Gasteiger partial charge on any atom is 0.284 e. The Bertz CT molecular complexity index is 273. The van der Waals surface area contributed by atoms with Gasteiger partial charge in [0.1, 0.15) is 5.50 Å². The van der Waals surface area contributed by atoms with Crippen LogP contribution in [-0.2, 0) is 0 Å². The number of halogens is 1. The van der Waals surface area contributed by atoms with Gasteiger partial charge in [-0.2, -0.15) is 0 Å². The Morgan fingerprint density at radius 1 is 1.69 bits per heavy atom. The van der Waals surface area contributed by atoms with Gasteiger partial charge in [-0.3, -0.25) is 10.1 Å². The van der Waals surface area contributed by atoms with Crippen molar-refractivity contribution < 1.29 is 4.92 Å². The lowest BCUT2D eigenvalue weighted by molar-refractivity contribution is -0.420. The number of nitrogens with zero attached hydrogens (tertiary/aromatic N) is 2. The monoisotopic (exact) mass is 202 g/mol. The van der Waals surface area contributed by atoms with E-state index in [4.69, 9.17) is 11.6 Å². The zero-order chi connectivity index (χ0) is 10.0. The molecule has 1 atom stereocenters. The van der Waals surface area contributed by atoms with E-state index < -0.39 is 4.92 Å². The summed E-state index contributed by atoms with van der Waals surface area (Å²) in [5.74, 6) is 0. The molecule has 0 fully saturated rings. The summed E-state index contributed by atoms with van der Waals surface area (Å²) in [7, 11) is 0. The number of hydrogen-bond donors (Lipinski definition) is 0. The molecule has 0 radical (unpaired) electrons. The molecule has 13 heavy (non-hydrogen) atoms. The van der Waals surface area contributed by atoms with E-state index in [-0.39, 0.29) is 17.2 Å². The van der Waals surface area contributed by atoms with E-state index >= 15 is 0 Å². The standard InChI is InChI=1S/C8H11ClN2O2/c1-6(2)10-5-7(11(12)13)3-4-8(10)9/h3-6,8H,1-2H3. The van der Waals surface area contributed by atoms with Gasteiger partial charge < -0.3 is 4.90 Å². The van der Waals surface area contributed by atoms with Crippen molar-refractivity contribution in [2.45, 2.75) is 25.4 Å². The molecular weight excluding hydrogens is 192 g/mol. The Morgan fingerprint density at radius 2 is 2.31 bits per heavy atom. The minimum Gasteiger partial charge on any atom is -0.350 e. The maximum absolute atomic E-state index is 10.4. The van der Waals surface area contributed by atoms with Gasteiger partial charge in [0.15, 0.2) is 0 Å². The molecule has 4 nitrogen and oxygen atoms in total. The molecule has 0 saturated heterocycles. The highest BCUT2D eigenvalue weighted by Gasteiger charge is 2.21. The Hall–Kier alpha value is -1.03. The van der Waals surface area contributed by atoms with Crippen LogP contribution in [0.25, 0.3) is 0 Å². The van der Waals surface area contributed by atoms with Gasteiger partial charge in [0, 0.05) is 12.1 Å². The number of rotatable bonds is 2. The molecule has 5 heteroatoms. The van der Waals surface area contributed by atoms with Gasteiger partial charge in [-0.05, 0) is 19.9 Å². The van der Waals surface area contributed by atoms with Crippen LogP contribution in [0.2, 0.25) is 0 Å². The summed E-state index contributed by atoms with van der Waals surface area (Å²) >= 11 is 5.92. The summed E-state index contributed by atoms with van der Waals surface area (Å²) in [6.45, 7) is 3.87. The van der Waals surface area contributed by atoms with E-state index in [0.717, 1.165) is 0 Å². The maximum atomic E-state index is 10.4. The highest BCUT2D eigenvalue weighted by Crippen LogP contribution is 2.19. The van der Waals surface area contributed by atoms with Crippen molar-refractivity contribution in [2.75, 3.05) is 0 Å². The minimum atomic E-state index is -0.422. The van der Waals surface area contributed by atoms with Crippen LogP contribution in [-0.4, -0.2) is 21.4 Å². The fraction of sp³-hybridized carbons (Fsp3) is 0.500. The molecule has 0 aromatic carbocycles. The molecule has 0 bridgehead atoms. The number of allylic oxidation sites excluding steroid dienone is 1. The molecule has 0 aliphatic carbocycles. The largest absolute Gasteiger partial charge is 0.350 e. The smallest absolute Gasteiger partial charge is 0.284 e. The molecule has 0 spiro atoms. The zero-order valence-corrected chi connectivity index (χ0v) is 8.23. The summed E-state index contributed by atoms with van der Waals surface area (Å²) in [6.07, 6.45) is 4.51. The lowest BCUT2D eigenvalue weighted by Crippen LogP contribution is -2.33. The third kappa shape index (κ3) is 2.21. The summed E-state index contributed by atoms with van der Waals surface area (Å²) < 4.78 is 0. The van der Waals surface area contributed by atoms with Crippen LogP contribution in [0.4, 0.5) is 0 Å². The third-order valence-electron chi connectivity index (χ3n) is 1.80. The van der Waals surface area contributed by atoms with Crippen LogP contribution in [0, 0.1) is 10.1 Å². The predicted octanol–water partition coefficient (Wildman–Crippen LogP) is 1.95. The van der Waals surface area contributed by atoms with E-state index in [9.17, 15) is 10.1 Å². The Kier molecular flexibility index (Phi) is 2.93. The highest BCUT2D eigenvalue weighted by atomic mass is 35.5. The second-order valence-electron chi connectivity index (χ2n) is 3.08. The number of nitro groups is 1. The van der Waals surface area contributed by atoms with Crippen molar-refractivity contribution in [3.63, 3.8) is 0 Å². The fourth-order valence-corrected chi connectivity index (χ4v) is 1.44. The van der Waals surface area contributed by atoms with E-state index in [1.54, 1.807) is 11.0 Å². The van der Waals surface area contributed by atoms with Crippen molar-refractivity contribution >= 4 is 11.6 Å². The normalized spacial score (nSPS) is 22.0. The van der Waals surface area contributed by atoms with E-state index in [0.29, 0.717) is 0 Å². The SMILES string of the molecule is CC(C)N1C=C([N+](=O)[O-])C=CC1Cl. The van der Waals surface area contributed by atoms with Crippen LogP contribution in [0.3, 0.4) is 0 Å². The second kappa shape index (κ2) is 3.79. The first-order valence-corrected chi connectivity index (χ1v) is 4.42. The number of hydrogen-bond acceptors (Lipinski definition) is 3. The van der Waals surface area contributed by atoms with Gasteiger partial charge in [-0.25, -0.2) is 0 Å². The Balaban J connectivity index is 2.86. The van der Waals surface area contributed by atoms with Crippen molar-refractivity contribution in [1.82, 2.24) is 4.90 Å². The molecule has 0 aromatic heterocycles. The van der Waals surface area contributed by atoms with Crippen LogP contribution in [0.5, 0.6) is 0 Å². The van der Waals surface area contributed by atoms with Crippen LogP contribution >= 0.6 is 11.6 Å². The van der Waals surface area contributed by atoms with Crippen LogP contribution < -0.4 is 0 Å². The van der Waals surface area contributed by atoms with Gasteiger partial charge in [0.05, 0.1) is 11.1 Å². The van der Waals surface area contributed by atoms with Crippen LogP contribution in [0.15, 0.2) is 24.0 Å². The molecule has 0 aromatic rings. The molecule has 1 rings (SSSR count). The molecule has 1 heterocycles.